The third kappa shape index (κ3) is 3.83. The molecule has 1 aliphatic rings. The zero-order valence-corrected chi connectivity index (χ0v) is 11.1. The molecular formula is C15H24N2. The van der Waals surface area contributed by atoms with Crippen LogP contribution in [0.4, 0.5) is 0 Å². The average Bonchev–Trinajstić information content (AvgIpc) is 2.59. The first-order valence-electron chi connectivity index (χ1n) is 6.75. The molecular weight excluding hydrogens is 208 g/mol. The Kier molecular flexibility index (Phi) is 4.57. The molecule has 1 aromatic rings. The Morgan fingerprint density at radius 3 is 2.82 bits per heavy atom. The van der Waals surface area contributed by atoms with Gasteiger partial charge in [-0.15, -0.1) is 0 Å². The van der Waals surface area contributed by atoms with Crippen molar-refractivity contribution in [2.24, 2.45) is 0 Å². The van der Waals surface area contributed by atoms with Crippen LogP contribution >= 0.6 is 0 Å². The van der Waals surface area contributed by atoms with Gasteiger partial charge in [-0.2, -0.15) is 0 Å². The molecule has 0 aromatic heterocycles. The Hall–Kier alpha value is -0.860. The molecule has 0 atom stereocenters. The summed E-state index contributed by atoms with van der Waals surface area (Å²) in [5.74, 6) is 0. The second-order valence-corrected chi connectivity index (χ2v) is 5.11. The predicted octanol–water partition coefficient (Wildman–Crippen LogP) is 2.14. The number of rotatable bonds is 3. The monoisotopic (exact) mass is 232 g/mol. The lowest BCUT2D eigenvalue weighted by Crippen LogP contribution is -2.30. The molecule has 1 aliphatic heterocycles. The van der Waals surface area contributed by atoms with Crippen molar-refractivity contribution in [3.05, 3.63) is 34.9 Å². The third-order valence-electron chi connectivity index (χ3n) is 3.72. The fourth-order valence-electron chi connectivity index (χ4n) is 2.37. The van der Waals surface area contributed by atoms with Gasteiger partial charge in [0.2, 0.25) is 0 Å². The van der Waals surface area contributed by atoms with E-state index < -0.39 is 0 Å². The summed E-state index contributed by atoms with van der Waals surface area (Å²) in [7, 11) is 0. The molecule has 1 fully saturated rings. The second-order valence-electron chi connectivity index (χ2n) is 5.11. The first-order chi connectivity index (χ1) is 8.25. The topological polar surface area (TPSA) is 15.3 Å². The van der Waals surface area contributed by atoms with E-state index in [1.807, 2.05) is 0 Å². The van der Waals surface area contributed by atoms with Crippen LogP contribution in [-0.2, 0) is 6.42 Å². The summed E-state index contributed by atoms with van der Waals surface area (Å²) in [4.78, 5) is 2.58. The van der Waals surface area contributed by atoms with Crippen molar-refractivity contribution in [2.45, 2.75) is 26.7 Å². The van der Waals surface area contributed by atoms with Crippen LogP contribution < -0.4 is 5.32 Å². The van der Waals surface area contributed by atoms with Gasteiger partial charge >= 0.3 is 0 Å². The molecule has 2 heteroatoms. The van der Waals surface area contributed by atoms with Gasteiger partial charge in [0.15, 0.2) is 0 Å². The van der Waals surface area contributed by atoms with E-state index in [9.17, 15) is 0 Å². The van der Waals surface area contributed by atoms with Crippen LogP contribution in [0.2, 0.25) is 0 Å². The molecule has 1 aromatic carbocycles. The summed E-state index contributed by atoms with van der Waals surface area (Å²) in [6.07, 6.45) is 2.47. The number of aryl methyl sites for hydroxylation is 2. The summed E-state index contributed by atoms with van der Waals surface area (Å²) < 4.78 is 0. The van der Waals surface area contributed by atoms with Gasteiger partial charge in [0.05, 0.1) is 0 Å². The van der Waals surface area contributed by atoms with Gasteiger partial charge in [0, 0.05) is 19.6 Å². The van der Waals surface area contributed by atoms with Crippen molar-refractivity contribution in [3.63, 3.8) is 0 Å². The second kappa shape index (κ2) is 6.18. The van der Waals surface area contributed by atoms with Gasteiger partial charge in [0.1, 0.15) is 0 Å². The van der Waals surface area contributed by atoms with E-state index in [-0.39, 0.29) is 0 Å². The third-order valence-corrected chi connectivity index (χ3v) is 3.72. The van der Waals surface area contributed by atoms with Crippen LogP contribution in [0.15, 0.2) is 18.2 Å². The molecule has 2 nitrogen and oxygen atoms in total. The molecule has 17 heavy (non-hydrogen) atoms. The summed E-state index contributed by atoms with van der Waals surface area (Å²) >= 11 is 0. The Morgan fingerprint density at radius 1 is 1.12 bits per heavy atom. The zero-order chi connectivity index (χ0) is 12.1. The minimum absolute atomic E-state index is 1.15. The van der Waals surface area contributed by atoms with E-state index in [2.05, 4.69) is 42.3 Å². The first kappa shape index (κ1) is 12.6. The normalized spacial score (nSPS) is 18.0. The molecule has 2 rings (SSSR count). The number of nitrogens with zero attached hydrogens (tertiary/aromatic N) is 1. The predicted molar refractivity (Wildman–Crippen MR) is 73.5 cm³/mol. The van der Waals surface area contributed by atoms with Gasteiger partial charge in [-0.3, -0.25) is 0 Å². The van der Waals surface area contributed by atoms with Crippen LogP contribution in [-0.4, -0.2) is 37.6 Å². The molecule has 0 aliphatic carbocycles. The summed E-state index contributed by atoms with van der Waals surface area (Å²) in [5.41, 5.74) is 4.29. The van der Waals surface area contributed by atoms with Gasteiger partial charge in [0.25, 0.3) is 0 Å². The highest BCUT2D eigenvalue weighted by molar-refractivity contribution is 5.30. The number of hydrogen-bond donors (Lipinski definition) is 1. The number of hydrogen-bond acceptors (Lipinski definition) is 2. The van der Waals surface area contributed by atoms with E-state index in [1.54, 1.807) is 0 Å². The summed E-state index contributed by atoms with van der Waals surface area (Å²) in [6.45, 7) is 10.4. The van der Waals surface area contributed by atoms with Gasteiger partial charge in [-0.05, 0) is 56.5 Å². The molecule has 0 saturated carbocycles. The van der Waals surface area contributed by atoms with Gasteiger partial charge < -0.3 is 10.2 Å². The molecule has 0 radical (unpaired) electrons. The van der Waals surface area contributed by atoms with Gasteiger partial charge in [-0.1, -0.05) is 18.2 Å². The van der Waals surface area contributed by atoms with E-state index >= 15 is 0 Å². The van der Waals surface area contributed by atoms with Crippen molar-refractivity contribution >= 4 is 0 Å². The van der Waals surface area contributed by atoms with E-state index in [0.717, 1.165) is 6.54 Å². The maximum absolute atomic E-state index is 3.45. The molecule has 0 bridgehead atoms. The first-order valence-corrected chi connectivity index (χ1v) is 6.75. The van der Waals surface area contributed by atoms with E-state index in [4.69, 9.17) is 0 Å². The molecule has 1 heterocycles. The molecule has 1 saturated heterocycles. The summed E-state index contributed by atoms with van der Waals surface area (Å²) in [6, 6.07) is 6.86. The number of nitrogens with one attached hydrogen (secondary N) is 1. The highest BCUT2D eigenvalue weighted by Crippen LogP contribution is 2.11. The highest BCUT2D eigenvalue weighted by atomic mass is 15.1. The van der Waals surface area contributed by atoms with Crippen molar-refractivity contribution in [1.82, 2.24) is 10.2 Å². The van der Waals surface area contributed by atoms with Crippen LogP contribution in [0.1, 0.15) is 23.1 Å². The lowest BCUT2D eigenvalue weighted by atomic mass is 10.0. The van der Waals surface area contributed by atoms with E-state index in [0.29, 0.717) is 0 Å². The minimum Gasteiger partial charge on any atom is -0.315 e. The van der Waals surface area contributed by atoms with E-state index in [1.165, 1.54) is 55.7 Å². The Balaban J connectivity index is 1.85. The lowest BCUT2D eigenvalue weighted by Gasteiger charge is -2.19. The van der Waals surface area contributed by atoms with Crippen LogP contribution in [0.3, 0.4) is 0 Å². The Labute approximate surface area is 105 Å². The SMILES string of the molecule is Cc1ccc(CCN2CCCNCC2)cc1C. The number of benzene rings is 1. The zero-order valence-electron chi connectivity index (χ0n) is 11.1. The fourth-order valence-corrected chi connectivity index (χ4v) is 2.37. The Morgan fingerprint density at radius 2 is 2.00 bits per heavy atom. The van der Waals surface area contributed by atoms with Crippen LogP contribution in [0, 0.1) is 13.8 Å². The molecule has 1 N–H and O–H groups in total. The molecule has 0 amide bonds. The molecule has 0 spiro atoms. The van der Waals surface area contributed by atoms with Crippen molar-refractivity contribution in [2.75, 3.05) is 32.7 Å². The van der Waals surface area contributed by atoms with Crippen LogP contribution in [0.5, 0.6) is 0 Å². The average molecular weight is 232 g/mol. The highest BCUT2D eigenvalue weighted by Gasteiger charge is 2.08. The maximum Gasteiger partial charge on any atom is 0.0107 e. The minimum atomic E-state index is 1.15. The van der Waals surface area contributed by atoms with Gasteiger partial charge in [-0.25, -0.2) is 0 Å². The van der Waals surface area contributed by atoms with Crippen LogP contribution in [0.25, 0.3) is 0 Å². The molecule has 0 unspecified atom stereocenters. The standard InChI is InChI=1S/C15H24N2/c1-13-4-5-15(12-14(13)2)6-10-17-9-3-7-16-8-11-17/h4-5,12,16H,3,6-11H2,1-2H3. The largest absolute Gasteiger partial charge is 0.315 e. The quantitative estimate of drug-likeness (QED) is 0.859. The van der Waals surface area contributed by atoms with Crippen molar-refractivity contribution < 1.29 is 0 Å². The molecule has 94 valence electrons. The fraction of sp³-hybridized carbons (Fsp3) is 0.600. The van der Waals surface area contributed by atoms with Crippen molar-refractivity contribution in [1.29, 1.82) is 0 Å². The summed E-state index contributed by atoms with van der Waals surface area (Å²) in [5, 5.41) is 3.45. The maximum atomic E-state index is 3.45. The smallest absolute Gasteiger partial charge is 0.0107 e. The Bertz CT molecular complexity index is 352. The lowest BCUT2D eigenvalue weighted by molar-refractivity contribution is 0.296. The van der Waals surface area contributed by atoms with Crippen molar-refractivity contribution in [3.8, 4) is 0 Å².